The van der Waals surface area contributed by atoms with Crippen LogP contribution in [0.1, 0.15) is 40.8 Å². The van der Waals surface area contributed by atoms with Crippen LogP contribution in [0.2, 0.25) is 0 Å². The van der Waals surface area contributed by atoms with Gasteiger partial charge in [0.15, 0.2) is 0 Å². The van der Waals surface area contributed by atoms with Gasteiger partial charge in [-0.05, 0) is 24.1 Å². The highest BCUT2D eigenvalue weighted by Gasteiger charge is 2.13. The average molecular weight is 286 g/mol. The van der Waals surface area contributed by atoms with Gasteiger partial charge >= 0.3 is 5.97 Å². The van der Waals surface area contributed by atoms with E-state index in [1.807, 2.05) is 31.2 Å². The van der Waals surface area contributed by atoms with Crippen LogP contribution in [0.25, 0.3) is 0 Å². The van der Waals surface area contributed by atoms with E-state index in [-0.39, 0.29) is 5.56 Å². The minimum atomic E-state index is -0.980. The van der Waals surface area contributed by atoms with Gasteiger partial charge in [0.25, 0.3) is 0 Å². The molecular weight excluding hydrogens is 268 g/mol. The number of aryl methyl sites for hydroxylation is 1. The number of hydrogen-bond acceptors (Lipinski definition) is 4. The molecule has 0 atom stereocenters. The molecule has 21 heavy (non-hydrogen) atoms. The molecule has 1 heterocycles. The summed E-state index contributed by atoms with van der Waals surface area (Å²) in [5.74, 6) is 0.423. The predicted octanol–water partition coefficient (Wildman–Crippen LogP) is 2.73. The fourth-order valence-corrected chi connectivity index (χ4v) is 2.11. The Balaban J connectivity index is 2.27. The normalized spacial score (nSPS) is 10.4. The zero-order chi connectivity index (χ0) is 15.2. The number of aromatic nitrogens is 2. The van der Waals surface area contributed by atoms with E-state index in [1.54, 1.807) is 7.11 Å². The molecule has 0 bridgehead atoms. The lowest BCUT2D eigenvalue weighted by atomic mass is 10.1. The molecule has 5 heteroatoms. The third-order valence-electron chi connectivity index (χ3n) is 3.13. The largest absolute Gasteiger partial charge is 0.497 e. The van der Waals surface area contributed by atoms with Crippen LogP contribution in [-0.4, -0.2) is 28.2 Å². The molecule has 1 aromatic carbocycles. The van der Waals surface area contributed by atoms with Crippen LogP contribution in [0.3, 0.4) is 0 Å². The maximum absolute atomic E-state index is 11.2. The maximum atomic E-state index is 11.2. The van der Waals surface area contributed by atoms with Gasteiger partial charge in [0.2, 0.25) is 0 Å². The molecular formula is C16H18N2O3. The molecule has 5 nitrogen and oxygen atoms in total. The molecule has 110 valence electrons. The first-order valence-electron chi connectivity index (χ1n) is 6.85. The van der Waals surface area contributed by atoms with Gasteiger partial charge < -0.3 is 9.84 Å². The molecule has 0 fully saturated rings. The first-order chi connectivity index (χ1) is 10.1. The van der Waals surface area contributed by atoms with Gasteiger partial charge in [0.1, 0.15) is 11.6 Å². The molecule has 2 aromatic rings. The Morgan fingerprint density at radius 1 is 1.38 bits per heavy atom. The number of hydrogen-bond donors (Lipinski definition) is 1. The van der Waals surface area contributed by atoms with E-state index in [0.29, 0.717) is 24.4 Å². The second-order valence-corrected chi connectivity index (χ2v) is 4.73. The summed E-state index contributed by atoms with van der Waals surface area (Å²) in [6.07, 6.45) is 3.43. The molecule has 0 amide bonds. The summed E-state index contributed by atoms with van der Waals surface area (Å²) >= 11 is 0. The molecule has 0 unspecified atom stereocenters. The summed E-state index contributed by atoms with van der Waals surface area (Å²) in [7, 11) is 1.62. The Morgan fingerprint density at radius 2 is 2.19 bits per heavy atom. The van der Waals surface area contributed by atoms with Crippen molar-refractivity contribution in [3.8, 4) is 5.75 Å². The van der Waals surface area contributed by atoms with Gasteiger partial charge in [0.05, 0.1) is 18.4 Å². The predicted molar refractivity (Wildman–Crippen MR) is 78.8 cm³/mol. The molecule has 0 saturated carbocycles. The van der Waals surface area contributed by atoms with Crippen molar-refractivity contribution in [2.24, 2.45) is 0 Å². The third-order valence-corrected chi connectivity index (χ3v) is 3.13. The van der Waals surface area contributed by atoms with Crippen LogP contribution in [0.15, 0.2) is 30.5 Å². The number of carboxylic acids is 1. The fraction of sp³-hybridized carbons (Fsp3) is 0.312. The van der Waals surface area contributed by atoms with Crippen molar-refractivity contribution in [2.45, 2.75) is 26.2 Å². The van der Waals surface area contributed by atoms with E-state index < -0.39 is 5.97 Å². The lowest BCUT2D eigenvalue weighted by Gasteiger charge is -2.07. The van der Waals surface area contributed by atoms with Crippen LogP contribution in [0.5, 0.6) is 5.75 Å². The van der Waals surface area contributed by atoms with Crippen LogP contribution in [-0.2, 0) is 12.8 Å². The number of methoxy groups -OCH3 is 1. The molecule has 2 rings (SSSR count). The molecule has 0 aliphatic heterocycles. The number of aromatic carboxylic acids is 1. The van der Waals surface area contributed by atoms with Crippen LogP contribution >= 0.6 is 0 Å². The van der Waals surface area contributed by atoms with Crippen LogP contribution < -0.4 is 4.74 Å². The smallest absolute Gasteiger partial charge is 0.339 e. The number of benzene rings is 1. The Labute approximate surface area is 123 Å². The molecule has 0 aliphatic carbocycles. The van der Waals surface area contributed by atoms with E-state index in [9.17, 15) is 4.79 Å². The van der Waals surface area contributed by atoms with Crippen LogP contribution in [0, 0.1) is 0 Å². The zero-order valence-corrected chi connectivity index (χ0v) is 12.2. The zero-order valence-electron chi connectivity index (χ0n) is 12.2. The number of carboxylic acid groups (broad SMARTS) is 1. The molecule has 0 aliphatic rings. The van der Waals surface area contributed by atoms with Gasteiger partial charge in [0, 0.05) is 12.6 Å². The molecule has 1 N–H and O–H groups in total. The van der Waals surface area contributed by atoms with Gasteiger partial charge in [-0.3, -0.25) is 0 Å². The van der Waals surface area contributed by atoms with Crippen molar-refractivity contribution >= 4 is 5.97 Å². The molecule has 1 aromatic heterocycles. The van der Waals surface area contributed by atoms with Crippen molar-refractivity contribution in [1.29, 1.82) is 0 Å². The summed E-state index contributed by atoms with van der Waals surface area (Å²) in [4.78, 5) is 19.7. The first kappa shape index (κ1) is 15.0. The summed E-state index contributed by atoms with van der Waals surface area (Å²) < 4.78 is 5.19. The van der Waals surface area contributed by atoms with Crippen molar-refractivity contribution in [2.75, 3.05) is 7.11 Å². The Hall–Kier alpha value is -2.43. The van der Waals surface area contributed by atoms with Gasteiger partial charge in [-0.1, -0.05) is 25.5 Å². The van der Waals surface area contributed by atoms with Gasteiger partial charge in [-0.2, -0.15) is 0 Å². The van der Waals surface area contributed by atoms with E-state index in [0.717, 1.165) is 17.7 Å². The number of nitrogens with zero attached hydrogens (tertiary/aromatic N) is 2. The van der Waals surface area contributed by atoms with Crippen molar-refractivity contribution in [3.05, 3.63) is 53.1 Å². The van der Waals surface area contributed by atoms with E-state index >= 15 is 0 Å². The standard InChI is InChI=1S/C16H18N2O3/c1-3-5-14-13(16(19)20)10-17-15(18-14)9-11-6-4-7-12(8-11)21-2/h4,6-8,10H,3,5,9H2,1-2H3,(H,19,20). The molecule has 0 spiro atoms. The summed E-state index contributed by atoms with van der Waals surface area (Å²) in [6, 6.07) is 7.68. The quantitative estimate of drug-likeness (QED) is 0.884. The summed E-state index contributed by atoms with van der Waals surface area (Å²) in [5, 5.41) is 9.14. The maximum Gasteiger partial charge on any atom is 0.339 e. The van der Waals surface area contributed by atoms with Crippen molar-refractivity contribution < 1.29 is 14.6 Å². The lowest BCUT2D eigenvalue weighted by molar-refractivity contribution is 0.0694. The second-order valence-electron chi connectivity index (χ2n) is 4.73. The molecule has 0 radical (unpaired) electrons. The Kier molecular flexibility index (Phi) is 4.87. The Morgan fingerprint density at radius 3 is 2.86 bits per heavy atom. The fourth-order valence-electron chi connectivity index (χ4n) is 2.11. The summed E-state index contributed by atoms with van der Waals surface area (Å²) in [6.45, 7) is 2.00. The number of ether oxygens (including phenoxy) is 1. The second kappa shape index (κ2) is 6.83. The van der Waals surface area contributed by atoms with Crippen LogP contribution in [0.4, 0.5) is 0 Å². The highest BCUT2D eigenvalue weighted by Crippen LogP contribution is 2.16. The van der Waals surface area contributed by atoms with Gasteiger partial charge in [-0.15, -0.1) is 0 Å². The minimum absolute atomic E-state index is 0.186. The number of rotatable bonds is 6. The average Bonchev–Trinajstić information content (AvgIpc) is 2.48. The first-order valence-corrected chi connectivity index (χ1v) is 6.85. The minimum Gasteiger partial charge on any atom is -0.497 e. The van der Waals surface area contributed by atoms with Gasteiger partial charge in [-0.25, -0.2) is 14.8 Å². The van der Waals surface area contributed by atoms with E-state index in [1.165, 1.54) is 6.20 Å². The number of carbonyl (C=O) groups is 1. The Bertz CT molecular complexity index is 641. The monoisotopic (exact) mass is 286 g/mol. The highest BCUT2D eigenvalue weighted by atomic mass is 16.5. The van der Waals surface area contributed by atoms with E-state index in [2.05, 4.69) is 9.97 Å². The summed E-state index contributed by atoms with van der Waals surface area (Å²) in [5.41, 5.74) is 1.81. The van der Waals surface area contributed by atoms with E-state index in [4.69, 9.17) is 9.84 Å². The topological polar surface area (TPSA) is 72.3 Å². The lowest BCUT2D eigenvalue weighted by Crippen LogP contribution is -2.09. The highest BCUT2D eigenvalue weighted by molar-refractivity contribution is 5.88. The SMILES string of the molecule is CCCc1nc(Cc2cccc(OC)c2)ncc1C(=O)O. The van der Waals surface area contributed by atoms with Crippen molar-refractivity contribution in [1.82, 2.24) is 9.97 Å². The third kappa shape index (κ3) is 3.78. The van der Waals surface area contributed by atoms with Crippen molar-refractivity contribution in [3.63, 3.8) is 0 Å². The molecule has 0 saturated heterocycles.